The van der Waals surface area contributed by atoms with Crippen molar-refractivity contribution in [1.82, 2.24) is 4.57 Å². The summed E-state index contributed by atoms with van der Waals surface area (Å²) in [6, 6.07) is 15.8. The van der Waals surface area contributed by atoms with Crippen LogP contribution in [-0.2, 0) is 11.8 Å². The van der Waals surface area contributed by atoms with Crippen LogP contribution in [0.3, 0.4) is 0 Å². The molecule has 0 aliphatic carbocycles. The summed E-state index contributed by atoms with van der Waals surface area (Å²) in [7, 11) is 2.02. The van der Waals surface area contributed by atoms with E-state index in [0.29, 0.717) is 0 Å². The van der Waals surface area contributed by atoms with Crippen molar-refractivity contribution in [2.45, 2.75) is 0 Å². The molecule has 1 amide bonds. The number of carbonyl (C=O) groups is 1. The third-order valence-corrected chi connectivity index (χ3v) is 3.63. The highest BCUT2D eigenvalue weighted by Gasteiger charge is 2.09. The predicted octanol–water partition coefficient (Wildman–Crippen LogP) is 2.72. The number of nitriles is 1. The molecule has 0 aliphatic heterocycles. The Hall–Kier alpha value is -3.06. The number of hydrogen-bond acceptors (Lipinski definition) is 2. The Morgan fingerprint density at radius 2 is 1.90 bits per heavy atom. The molecule has 0 atom stereocenters. The largest absolute Gasteiger partial charge is 0.365 e. The maximum atomic E-state index is 11.1. The molecular formula is C17H13N3O. The number of hydrogen-bond donors (Lipinski definition) is 1. The zero-order chi connectivity index (χ0) is 15.0. The van der Waals surface area contributed by atoms with Crippen LogP contribution >= 0.6 is 0 Å². The first-order chi connectivity index (χ1) is 10.1. The molecule has 102 valence electrons. The normalized spacial score (nSPS) is 11.7. The Morgan fingerprint density at radius 1 is 1.19 bits per heavy atom. The van der Waals surface area contributed by atoms with Gasteiger partial charge in [-0.2, -0.15) is 5.26 Å². The van der Waals surface area contributed by atoms with Gasteiger partial charge in [0.05, 0.1) is 0 Å². The molecule has 0 spiro atoms. The van der Waals surface area contributed by atoms with Gasteiger partial charge in [0.15, 0.2) is 0 Å². The van der Waals surface area contributed by atoms with Crippen LogP contribution in [0.25, 0.3) is 27.9 Å². The summed E-state index contributed by atoms with van der Waals surface area (Å²) in [5.74, 6) is -0.712. The van der Waals surface area contributed by atoms with Gasteiger partial charge in [0.2, 0.25) is 0 Å². The number of para-hydroxylation sites is 1. The van der Waals surface area contributed by atoms with Crippen LogP contribution in [0.2, 0.25) is 0 Å². The van der Waals surface area contributed by atoms with E-state index in [2.05, 4.69) is 16.7 Å². The molecule has 3 aromatic rings. The van der Waals surface area contributed by atoms with E-state index in [4.69, 9.17) is 11.0 Å². The summed E-state index contributed by atoms with van der Waals surface area (Å²) >= 11 is 0. The molecule has 3 rings (SSSR count). The number of fused-ring (bicyclic) bond motifs is 3. The Labute approximate surface area is 121 Å². The van der Waals surface area contributed by atoms with Crippen LogP contribution in [0, 0.1) is 11.3 Å². The predicted molar refractivity (Wildman–Crippen MR) is 83.2 cm³/mol. The Morgan fingerprint density at radius 3 is 2.62 bits per heavy atom. The molecule has 0 aliphatic rings. The van der Waals surface area contributed by atoms with Crippen molar-refractivity contribution in [3.63, 3.8) is 0 Å². The number of primary amides is 1. The van der Waals surface area contributed by atoms with Crippen molar-refractivity contribution in [1.29, 1.82) is 5.26 Å². The average Bonchev–Trinajstić information content (AvgIpc) is 2.78. The Kier molecular flexibility index (Phi) is 2.96. The van der Waals surface area contributed by atoms with Gasteiger partial charge in [0.25, 0.3) is 5.91 Å². The van der Waals surface area contributed by atoms with Crippen molar-refractivity contribution in [3.05, 3.63) is 53.6 Å². The summed E-state index contributed by atoms with van der Waals surface area (Å²) in [4.78, 5) is 11.1. The molecule has 0 radical (unpaired) electrons. The fraction of sp³-hybridized carbons (Fsp3) is 0.0588. The average molecular weight is 275 g/mol. The molecule has 4 nitrogen and oxygen atoms in total. The van der Waals surface area contributed by atoms with Crippen LogP contribution in [-0.4, -0.2) is 10.5 Å². The first kappa shape index (κ1) is 12.9. The van der Waals surface area contributed by atoms with E-state index < -0.39 is 5.91 Å². The standard InChI is InChI=1S/C17H13N3O/c1-20-15-5-3-2-4-13(15)14-9-11(6-7-16(14)20)8-12(10-18)17(19)21/h2-9H,1H3,(H2,19,21)/b12-8+. The minimum Gasteiger partial charge on any atom is -0.365 e. The number of nitrogens with two attached hydrogens (primary N) is 1. The maximum Gasteiger partial charge on any atom is 0.259 e. The minimum atomic E-state index is -0.712. The van der Waals surface area contributed by atoms with Crippen molar-refractivity contribution in [2.75, 3.05) is 0 Å². The van der Waals surface area contributed by atoms with E-state index in [1.165, 1.54) is 6.08 Å². The Balaban J connectivity index is 2.28. The third-order valence-electron chi connectivity index (χ3n) is 3.63. The van der Waals surface area contributed by atoms with Gasteiger partial charge in [0.1, 0.15) is 11.6 Å². The summed E-state index contributed by atoms with van der Waals surface area (Å²) in [6.45, 7) is 0. The number of aromatic nitrogens is 1. The smallest absolute Gasteiger partial charge is 0.259 e. The highest BCUT2D eigenvalue weighted by atomic mass is 16.1. The van der Waals surface area contributed by atoms with E-state index in [1.54, 1.807) is 0 Å². The fourth-order valence-electron chi connectivity index (χ4n) is 2.60. The van der Waals surface area contributed by atoms with E-state index in [-0.39, 0.29) is 5.57 Å². The first-order valence-corrected chi connectivity index (χ1v) is 6.50. The molecule has 0 bridgehead atoms. The molecule has 1 heterocycles. The first-order valence-electron chi connectivity index (χ1n) is 6.50. The molecule has 0 fully saturated rings. The lowest BCUT2D eigenvalue weighted by molar-refractivity contribution is -0.114. The number of carbonyl (C=O) groups excluding carboxylic acids is 1. The van der Waals surface area contributed by atoms with Gasteiger partial charge in [-0.3, -0.25) is 4.79 Å². The second-order valence-corrected chi connectivity index (χ2v) is 4.89. The third kappa shape index (κ3) is 2.05. The molecule has 21 heavy (non-hydrogen) atoms. The molecule has 0 saturated heterocycles. The molecule has 2 N–H and O–H groups in total. The van der Waals surface area contributed by atoms with Gasteiger partial charge in [-0.05, 0) is 29.8 Å². The lowest BCUT2D eigenvalue weighted by atomic mass is 10.1. The van der Waals surface area contributed by atoms with Crippen LogP contribution in [0.5, 0.6) is 0 Å². The zero-order valence-corrected chi connectivity index (χ0v) is 11.5. The van der Waals surface area contributed by atoms with Crippen LogP contribution < -0.4 is 5.73 Å². The van der Waals surface area contributed by atoms with Crippen molar-refractivity contribution >= 4 is 33.8 Å². The second-order valence-electron chi connectivity index (χ2n) is 4.89. The highest BCUT2D eigenvalue weighted by Crippen LogP contribution is 2.29. The summed E-state index contributed by atoms with van der Waals surface area (Å²) in [5, 5.41) is 11.2. The SMILES string of the molecule is Cn1c2ccccc2c2cc(/C=C(\C#N)C(N)=O)ccc21. The summed E-state index contributed by atoms with van der Waals surface area (Å²) in [6.07, 6.45) is 1.52. The number of aryl methyl sites for hydroxylation is 1. The summed E-state index contributed by atoms with van der Waals surface area (Å²) in [5.41, 5.74) is 8.15. The highest BCUT2D eigenvalue weighted by molar-refractivity contribution is 6.09. The van der Waals surface area contributed by atoms with E-state index in [1.807, 2.05) is 43.4 Å². The fourth-order valence-corrected chi connectivity index (χ4v) is 2.60. The van der Waals surface area contributed by atoms with Crippen LogP contribution in [0.1, 0.15) is 5.56 Å². The van der Waals surface area contributed by atoms with Gasteiger partial charge < -0.3 is 10.3 Å². The van der Waals surface area contributed by atoms with Gasteiger partial charge in [-0.15, -0.1) is 0 Å². The Bertz CT molecular complexity index is 942. The van der Waals surface area contributed by atoms with E-state index in [0.717, 1.165) is 27.4 Å². The van der Waals surface area contributed by atoms with Crippen molar-refractivity contribution < 1.29 is 4.79 Å². The number of amides is 1. The minimum absolute atomic E-state index is 0.0467. The zero-order valence-electron chi connectivity index (χ0n) is 11.5. The van der Waals surface area contributed by atoms with E-state index >= 15 is 0 Å². The maximum absolute atomic E-state index is 11.1. The van der Waals surface area contributed by atoms with E-state index in [9.17, 15) is 4.79 Å². The lowest BCUT2D eigenvalue weighted by Gasteiger charge is -1.99. The topological polar surface area (TPSA) is 71.8 Å². The van der Waals surface area contributed by atoms with Crippen molar-refractivity contribution in [2.24, 2.45) is 12.8 Å². The number of benzene rings is 2. The molecule has 0 saturated carbocycles. The molecule has 4 heteroatoms. The molecule has 1 aromatic heterocycles. The van der Waals surface area contributed by atoms with Crippen molar-refractivity contribution in [3.8, 4) is 6.07 Å². The monoisotopic (exact) mass is 275 g/mol. The molecule has 0 unspecified atom stereocenters. The molecule has 2 aromatic carbocycles. The lowest BCUT2D eigenvalue weighted by Crippen LogP contribution is -2.12. The van der Waals surface area contributed by atoms with Gasteiger partial charge >= 0.3 is 0 Å². The van der Waals surface area contributed by atoms with Gasteiger partial charge in [-0.1, -0.05) is 24.3 Å². The van der Waals surface area contributed by atoms with Gasteiger partial charge in [-0.25, -0.2) is 0 Å². The summed E-state index contributed by atoms with van der Waals surface area (Å²) < 4.78 is 2.12. The van der Waals surface area contributed by atoms with Crippen LogP contribution in [0.4, 0.5) is 0 Å². The quantitative estimate of drug-likeness (QED) is 0.577. The van der Waals surface area contributed by atoms with Gasteiger partial charge in [0, 0.05) is 28.9 Å². The van der Waals surface area contributed by atoms with Crippen LogP contribution in [0.15, 0.2) is 48.0 Å². The number of nitrogens with zero attached hydrogens (tertiary/aromatic N) is 2. The number of rotatable bonds is 2. The molecular weight excluding hydrogens is 262 g/mol. The second kappa shape index (κ2) is 4.80.